The molecule has 3 amide bonds. The molecule has 1 aromatic carbocycles. The zero-order chi connectivity index (χ0) is 34.7. The molecule has 1 saturated heterocycles. The van der Waals surface area contributed by atoms with Gasteiger partial charge in [0.05, 0.1) is 19.8 Å². The van der Waals surface area contributed by atoms with Crippen LogP contribution in [0.15, 0.2) is 18.2 Å². The van der Waals surface area contributed by atoms with Gasteiger partial charge >= 0.3 is 6.09 Å². The summed E-state index contributed by atoms with van der Waals surface area (Å²) >= 11 is 6.74. The number of pyridine rings is 1. The first kappa shape index (κ1) is 35.7. The summed E-state index contributed by atoms with van der Waals surface area (Å²) in [4.78, 5) is 45.8. The number of hydrogen-bond donors (Lipinski definition) is 2. The Morgan fingerprint density at radius 3 is 2.29 bits per heavy atom. The van der Waals surface area contributed by atoms with Crippen LogP contribution in [0.4, 0.5) is 4.79 Å². The van der Waals surface area contributed by atoms with Crippen LogP contribution in [-0.2, 0) is 23.8 Å². The van der Waals surface area contributed by atoms with Crippen LogP contribution in [0.2, 0.25) is 5.02 Å². The second kappa shape index (κ2) is 14.9. The van der Waals surface area contributed by atoms with Gasteiger partial charge in [0.1, 0.15) is 59.5 Å². The number of nitrogens with two attached hydrogens (primary N) is 1. The van der Waals surface area contributed by atoms with Crippen molar-refractivity contribution in [2.45, 2.75) is 71.2 Å². The van der Waals surface area contributed by atoms with Crippen LogP contribution >= 0.6 is 11.6 Å². The Balaban J connectivity index is 1.35. The molecule has 2 aliphatic carbocycles. The summed E-state index contributed by atoms with van der Waals surface area (Å²) in [5.41, 5.74) is 5.51. The molecule has 3 aliphatic rings. The maximum atomic E-state index is 14.1. The van der Waals surface area contributed by atoms with Crippen LogP contribution in [-0.4, -0.2) is 99.3 Å². The molecule has 14 heteroatoms. The number of benzene rings is 1. The Bertz CT molecular complexity index is 1490. The molecule has 3 N–H and O–H groups in total. The summed E-state index contributed by atoms with van der Waals surface area (Å²) < 4.78 is 33.9. The third kappa shape index (κ3) is 8.01. The van der Waals surface area contributed by atoms with E-state index in [4.69, 9.17) is 45.8 Å². The molecule has 5 rings (SSSR count). The van der Waals surface area contributed by atoms with Crippen LogP contribution in [0.25, 0.3) is 10.9 Å². The van der Waals surface area contributed by atoms with E-state index in [1.807, 2.05) is 20.8 Å². The van der Waals surface area contributed by atoms with E-state index in [9.17, 15) is 14.4 Å². The number of primary amides is 1. The van der Waals surface area contributed by atoms with E-state index in [2.05, 4.69) is 17.2 Å². The molecule has 1 aromatic heterocycles. The zero-order valence-corrected chi connectivity index (χ0v) is 29.2. The Kier molecular flexibility index (Phi) is 11.1. The summed E-state index contributed by atoms with van der Waals surface area (Å²) in [5, 5.41) is 3.64. The fourth-order valence-electron chi connectivity index (χ4n) is 6.84. The first-order valence-corrected chi connectivity index (χ1v) is 16.8. The van der Waals surface area contributed by atoms with E-state index in [0.29, 0.717) is 60.0 Å². The number of halogens is 1. The molecule has 0 radical (unpaired) electrons. The minimum atomic E-state index is -0.974. The highest BCUT2D eigenvalue weighted by Gasteiger charge is 2.54. The lowest BCUT2D eigenvalue weighted by atomic mass is 9.85. The SMILES string of the molecule is COCCOc1cc(OC2C[C@@H](C(N)=O)N(C(=O)[C@@H](NC(=O)OC3C[C@@H]4C(C)[C@@H]4C3)C(C)(C)C)C2)c2ccc(OCCOC)c(Cl)c2n1. The fraction of sp³-hybridized carbons (Fsp3) is 0.647. The number of amides is 3. The van der Waals surface area contributed by atoms with Gasteiger partial charge in [0, 0.05) is 32.1 Å². The highest BCUT2D eigenvalue weighted by molar-refractivity contribution is 6.36. The predicted octanol–water partition coefficient (Wildman–Crippen LogP) is 3.96. The number of nitrogens with zero attached hydrogens (tertiary/aromatic N) is 2. The van der Waals surface area contributed by atoms with Crippen LogP contribution in [0.1, 0.15) is 47.0 Å². The molecule has 2 aromatic rings. The first-order valence-electron chi connectivity index (χ1n) is 16.4. The minimum absolute atomic E-state index is 0.0508. The van der Waals surface area contributed by atoms with E-state index in [0.717, 1.165) is 12.8 Å². The van der Waals surface area contributed by atoms with E-state index < -0.39 is 41.5 Å². The van der Waals surface area contributed by atoms with E-state index in [1.54, 1.807) is 32.4 Å². The quantitative estimate of drug-likeness (QED) is 0.278. The van der Waals surface area contributed by atoms with Gasteiger partial charge in [0.15, 0.2) is 0 Å². The number of ether oxygens (including phenoxy) is 6. The van der Waals surface area contributed by atoms with Crippen molar-refractivity contribution >= 4 is 40.4 Å². The Hall–Kier alpha value is -3.55. The molecule has 2 heterocycles. The number of carbonyl (C=O) groups is 3. The second-order valence-electron chi connectivity index (χ2n) is 13.9. The van der Waals surface area contributed by atoms with Gasteiger partial charge in [-0.2, -0.15) is 0 Å². The maximum Gasteiger partial charge on any atom is 0.408 e. The molecule has 3 unspecified atom stereocenters. The number of fused-ring (bicyclic) bond motifs is 2. The van der Waals surface area contributed by atoms with Crippen molar-refractivity contribution in [3.05, 3.63) is 23.2 Å². The molecule has 13 nitrogen and oxygen atoms in total. The number of alkyl carbamates (subject to hydrolysis) is 1. The normalized spacial score (nSPS) is 25.4. The van der Waals surface area contributed by atoms with Crippen molar-refractivity contribution in [1.29, 1.82) is 0 Å². The molecular formula is C34H47ClN4O9. The van der Waals surface area contributed by atoms with Gasteiger partial charge in [0.25, 0.3) is 0 Å². The van der Waals surface area contributed by atoms with E-state index in [1.165, 1.54) is 4.90 Å². The third-order valence-electron chi connectivity index (χ3n) is 9.55. The van der Waals surface area contributed by atoms with Gasteiger partial charge in [-0.05, 0) is 48.1 Å². The molecule has 264 valence electrons. The molecule has 1 aliphatic heterocycles. The van der Waals surface area contributed by atoms with E-state index in [-0.39, 0.29) is 36.6 Å². The first-order chi connectivity index (χ1) is 22.8. The van der Waals surface area contributed by atoms with Gasteiger partial charge in [-0.25, -0.2) is 9.78 Å². The fourth-order valence-corrected chi connectivity index (χ4v) is 7.10. The Labute approximate surface area is 286 Å². The molecule has 3 fully saturated rings. The lowest BCUT2D eigenvalue weighted by Crippen LogP contribution is -2.57. The summed E-state index contributed by atoms with van der Waals surface area (Å²) in [6.07, 6.45) is 0.407. The number of aromatic nitrogens is 1. The number of rotatable bonds is 14. The molecular weight excluding hydrogens is 644 g/mol. The van der Waals surface area contributed by atoms with Crippen molar-refractivity contribution in [3.8, 4) is 17.4 Å². The minimum Gasteiger partial charge on any atom is -0.490 e. The van der Waals surface area contributed by atoms with Gasteiger partial charge in [-0.1, -0.05) is 39.3 Å². The van der Waals surface area contributed by atoms with Crippen molar-refractivity contribution in [2.24, 2.45) is 28.9 Å². The number of likely N-dealkylation sites (tertiary alicyclic amines) is 1. The standard InChI is InChI=1S/C34H47ClN4O9/c1-18-22-13-19(14-23(18)22)48-33(42)38-30(34(2,3)4)32(41)39-17-20(15-24(39)31(36)40)47-26-16-27(46-12-10-44-6)37-29-21(26)7-8-25(28(29)35)45-11-9-43-5/h7-8,16,18-20,22-24,30H,9-15,17H2,1-6H3,(H2,36,40)(H,38,42)/t18?,19?,20?,22-,23+,24-,30+/m0/s1. The van der Waals surface area contributed by atoms with Crippen molar-refractivity contribution in [1.82, 2.24) is 15.2 Å². The average Bonchev–Trinajstić information content (AvgIpc) is 3.35. The van der Waals surface area contributed by atoms with Gasteiger partial charge < -0.3 is 44.4 Å². The zero-order valence-electron chi connectivity index (χ0n) is 28.5. The van der Waals surface area contributed by atoms with Crippen molar-refractivity contribution in [2.75, 3.05) is 47.2 Å². The van der Waals surface area contributed by atoms with Crippen molar-refractivity contribution < 1.29 is 42.8 Å². The summed E-state index contributed by atoms with van der Waals surface area (Å²) in [6.45, 7) is 9.04. The number of carbonyl (C=O) groups excluding carboxylic acids is 3. The van der Waals surface area contributed by atoms with E-state index >= 15 is 0 Å². The Morgan fingerprint density at radius 1 is 1.00 bits per heavy atom. The highest BCUT2D eigenvalue weighted by atomic mass is 35.5. The largest absolute Gasteiger partial charge is 0.490 e. The molecule has 48 heavy (non-hydrogen) atoms. The average molecular weight is 691 g/mol. The van der Waals surface area contributed by atoms with Crippen LogP contribution in [0.5, 0.6) is 17.4 Å². The second-order valence-corrected chi connectivity index (χ2v) is 14.3. The summed E-state index contributed by atoms with van der Waals surface area (Å²) in [7, 11) is 3.14. The van der Waals surface area contributed by atoms with Crippen LogP contribution in [0.3, 0.4) is 0 Å². The highest BCUT2D eigenvalue weighted by Crippen LogP contribution is 2.57. The topological polar surface area (TPSA) is 161 Å². The van der Waals surface area contributed by atoms with Gasteiger partial charge in [0.2, 0.25) is 17.7 Å². The number of nitrogens with one attached hydrogen (secondary N) is 1. The van der Waals surface area contributed by atoms with Crippen LogP contribution in [0, 0.1) is 23.2 Å². The van der Waals surface area contributed by atoms with Gasteiger partial charge in [-0.15, -0.1) is 0 Å². The van der Waals surface area contributed by atoms with Crippen molar-refractivity contribution in [3.63, 3.8) is 0 Å². The molecule has 0 spiro atoms. The lowest BCUT2D eigenvalue weighted by molar-refractivity contribution is -0.141. The monoisotopic (exact) mass is 690 g/mol. The molecule has 7 atom stereocenters. The summed E-state index contributed by atoms with van der Waals surface area (Å²) in [5.74, 6) is 1.83. The lowest BCUT2D eigenvalue weighted by Gasteiger charge is -2.35. The van der Waals surface area contributed by atoms with Gasteiger partial charge in [-0.3, -0.25) is 9.59 Å². The molecule has 0 bridgehead atoms. The number of hydrogen-bond acceptors (Lipinski definition) is 10. The number of methoxy groups -OCH3 is 2. The third-order valence-corrected chi connectivity index (χ3v) is 9.92. The summed E-state index contributed by atoms with van der Waals surface area (Å²) in [6, 6.07) is 3.19. The smallest absolute Gasteiger partial charge is 0.408 e. The molecule has 2 saturated carbocycles. The maximum absolute atomic E-state index is 14.1. The Morgan fingerprint density at radius 2 is 1.67 bits per heavy atom. The van der Waals surface area contributed by atoms with Crippen LogP contribution < -0.4 is 25.3 Å². The predicted molar refractivity (Wildman–Crippen MR) is 177 cm³/mol.